The number of hydrogen-bond donors (Lipinski definition) is 0. The summed E-state index contributed by atoms with van der Waals surface area (Å²) in [5.74, 6) is 0.812. The number of likely N-dealkylation sites (tertiary alicyclic amines) is 2. The molecule has 5 rings (SSSR count). The number of anilines is 1. The Hall–Kier alpha value is -2.24. The lowest BCUT2D eigenvalue weighted by atomic mass is 10.1. The molecule has 2 saturated heterocycles. The molecule has 0 radical (unpaired) electrons. The molecule has 0 amide bonds. The second-order valence-electron chi connectivity index (χ2n) is 8.69. The number of benzene rings is 2. The lowest BCUT2D eigenvalue weighted by Gasteiger charge is -2.44. The van der Waals surface area contributed by atoms with E-state index in [0.717, 1.165) is 43.3 Å². The summed E-state index contributed by atoms with van der Waals surface area (Å²) in [7, 11) is 0. The summed E-state index contributed by atoms with van der Waals surface area (Å²) in [6.45, 7) is 4.42. The van der Waals surface area contributed by atoms with Gasteiger partial charge in [-0.3, -0.25) is 9.80 Å². The quantitative estimate of drug-likeness (QED) is 0.734. The highest BCUT2D eigenvalue weighted by Crippen LogP contribution is 2.34. The van der Waals surface area contributed by atoms with Crippen molar-refractivity contribution in [2.45, 2.75) is 50.9 Å². The van der Waals surface area contributed by atoms with Crippen molar-refractivity contribution < 1.29 is 4.39 Å². The third-order valence-electron chi connectivity index (χ3n) is 6.68. The summed E-state index contributed by atoms with van der Waals surface area (Å²) < 4.78 is 13.7. The van der Waals surface area contributed by atoms with E-state index in [9.17, 15) is 4.39 Å². The predicted octanol–water partition coefficient (Wildman–Crippen LogP) is 4.72. The number of piperidine rings is 2. The minimum Gasteiger partial charge on any atom is -0.306 e. The maximum absolute atomic E-state index is 13.7. The van der Waals surface area contributed by atoms with Crippen molar-refractivity contribution in [3.63, 3.8) is 0 Å². The average molecular weight is 407 g/mol. The first kappa shape index (κ1) is 19.7. The summed E-state index contributed by atoms with van der Waals surface area (Å²) in [5.41, 5.74) is 2.15. The molecular formula is C25H31FN4. The predicted molar refractivity (Wildman–Crippen MR) is 120 cm³/mol. The normalized spacial score (nSPS) is 26.0. The molecule has 30 heavy (non-hydrogen) atoms. The van der Waals surface area contributed by atoms with Crippen molar-refractivity contribution in [3.05, 3.63) is 66.0 Å². The smallest absolute Gasteiger partial charge is 0.139 e. The second kappa shape index (κ2) is 8.86. The molecule has 3 aliphatic heterocycles. The lowest BCUT2D eigenvalue weighted by Crippen LogP contribution is -2.58. The zero-order valence-corrected chi connectivity index (χ0v) is 17.6. The Balaban J connectivity index is 1.59. The van der Waals surface area contributed by atoms with Crippen LogP contribution in [0.2, 0.25) is 0 Å². The van der Waals surface area contributed by atoms with Crippen LogP contribution in [0.3, 0.4) is 0 Å². The maximum atomic E-state index is 13.7. The Kier molecular flexibility index (Phi) is 5.82. The van der Waals surface area contributed by atoms with Gasteiger partial charge in [-0.25, -0.2) is 9.38 Å². The van der Waals surface area contributed by atoms with E-state index in [0.29, 0.717) is 0 Å². The molecule has 3 heterocycles. The van der Waals surface area contributed by atoms with Crippen LogP contribution < -0.4 is 4.90 Å². The van der Waals surface area contributed by atoms with Crippen LogP contribution in [0.25, 0.3) is 0 Å². The molecular weight excluding hydrogens is 375 g/mol. The Morgan fingerprint density at radius 3 is 1.93 bits per heavy atom. The van der Waals surface area contributed by atoms with Gasteiger partial charge in [0, 0.05) is 37.4 Å². The summed E-state index contributed by atoms with van der Waals surface area (Å²) in [6.07, 6.45) is 7.86. The van der Waals surface area contributed by atoms with Gasteiger partial charge in [0.05, 0.1) is 0 Å². The van der Waals surface area contributed by atoms with Crippen molar-refractivity contribution in [1.29, 1.82) is 0 Å². The topological polar surface area (TPSA) is 22.1 Å². The van der Waals surface area contributed by atoms with Gasteiger partial charge in [0.1, 0.15) is 24.0 Å². The first-order valence-corrected chi connectivity index (χ1v) is 11.5. The van der Waals surface area contributed by atoms with Gasteiger partial charge < -0.3 is 4.90 Å². The van der Waals surface area contributed by atoms with E-state index < -0.39 is 0 Å². The third-order valence-corrected chi connectivity index (χ3v) is 6.68. The fourth-order valence-electron chi connectivity index (χ4n) is 5.18. The molecule has 0 bridgehead atoms. The van der Waals surface area contributed by atoms with Gasteiger partial charge in [0.25, 0.3) is 0 Å². The van der Waals surface area contributed by atoms with E-state index in [2.05, 4.69) is 39.0 Å². The van der Waals surface area contributed by atoms with E-state index in [4.69, 9.17) is 4.99 Å². The second-order valence-corrected chi connectivity index (χ2v) is 8.69. The Labute approximate surface area is 179 Å². The molecule has 2 aromatic carbocycles. The lowest BCUT2D eigenvalue weighted by molar-refractivity contribution is 0.0696. The monoisotopic (exact) mass is 406 g/mol. The molecule has 4 nitrogen and oxygen atoms in total. The highest BCUT2D eigenvalue weighted by atomic mass is 19.1. The van der Waals surface area contributed by atoms with Crippen molar-refractivity contribution in [1.82, 2.24) is 9.80 Å². The van der Waals surface area contributed by atoms with Crippen LogP contribution in [0.1, 0.15) is 44.1 Å². The van der Waals surface area contributed by atoms with Crippen LogP contribution in [0.5, 0.6) is 0 Å². The van der Waals surface area contributed by atoms with Crippen molar-refractivity contribution in [2.75, 3.05) is 31.1 Å². The average Bonchev–Trinajstić information content (AvgIpc) is 3.22. The highest BCUT2D eigenvalue weighted by molar-refractivity contribution is 6.11. The Bertz CT molecular complexity index is 854. The summed E-state index contributed by atoms with van der Waals surface area (Å²) in [4.78, 5) is 12.9. The molecule has 3 aliphatic rings. The van der Waals surface area contributed by atoms with Crippen molar-refractivity contribution in [3.8, 4) is 0 Å². The SMILES string of the molecule is Fc1ccc(N2C(c3ccccc3)=N[C@H](N3CCCCC3)[C@@H]2N2CCCCC2)cc1. The molecule has 2 fully saturated rings. The van der Waals surface area contributed by atoms with Gasteiger partial charge in [-0.2, -0.15) is 0 Å². The van der Waals surface area contributed by atoms with E-state index >= 15 is 0 Å². The van der Waals surface area contributed by atoms with Gasteiger partial charge in [-0.05, 0) is 49.9 Å². The van der Waals surface area contributed by atoms with Crippen LogP contribution in [-0.4, -0.2) is 54.1 Å². The molecule has 0 saturated carbocycles. The first-order valence-electron chi connectivity index (χ1n) is 11.5. The first-order chi connectivity index (χ1) is 14.8. The van der Waals surface area contributed by atoms with Crippen LogP contribution in [0.15, 0.2) is 59.6 Å². The summed E-state index contributed by atoms with van der Waals surface area (Å²) in [6, 6.07) is 17.4. The van der Waals surface area contributed by atoms with Crippen LogP contribution >= 0.6 is 0 Å². The molecule has 2 atom stereocenters. The van der Waals surface area contributed by atoms with Gasteiger partial charge >= 0.3 is 0 Å². The van der Waals surface area contributed by atoms with Gasteiger partial charge in [0.15, 0.2) is 0 Å². The van der Waals surface area contributed by atoms with E-state index in [1.807, 2.05) is 18.2 Å². The maximum Gasteiger partial charge on any atom is 0.139 e. The Morgan fingerprint density at radius 2 is 1.30 bits per heavy atom. The van der Waals surface area contributed by atoms with Gasteiger partial charge in [0.2, 0.25) is 0 Å². The number of amidine groups is 1. The summed E-state index contributed by atoms with van der Waals surface area (Å²) >= 11 is 0. The van der Waals surface area contributed by atoms with E-state index in [1.165, 1.54) is 38.5 Å². The van der Waals surface area contributed by atoms with Crippen LogP contribution in [0.4, 0.5) is 10.1 Å². The zero-order valence-electron chi connectivity index (χ0n) is 17.6. The molecule has 158 valence electrons. The Morgan fingerprint density at radius 1 is 0.700 bits per heavy atom. The third kappa shape index (κ3) is 3.88. The highest BCUT2D eigenvalue weighted by Gasteiger charge is 2.44. The van der Waals surface area contributed by atoms with E-state index in [1.54, 1.807) is 12.1 Å². The molecule has 0 N–H and O–H groups in total. The van der Waals surface area contributed by atoms with Crippen LogP contribution in [-0.2, 0) is 0 Å². The number of aliphatic imine (C=N–C) groups is 1. The molecule has 2 aromatic rings. The molecule has 0 unspecified atom stereocenters. The van der Waals surface area contributed by atoms with Crippen molar-refractivity contribution in [2.24, 2.45) is 4.99 Å². The molecule has 0 aliphatic carbocycles. The van der Waals surface area contributed by atoms with E-state index in [-0.39, 0.29) is 18.1 Å². The minimum absolute atomic E-state index is 0.114. The van der Waals surface area contributed by atoms with Crippen molar-refractivity contribution >= 4 is 11.5 Å². The number of halogens is 1. The standard InChI is InChI=1S/C25H31FN4/c26-21-12-14-22(15-13-21)30-23(20-10-4-1-5-11-20)27-24(28-16-6-2-7-17-28)25(30)29-18-8-3-9-19-29/h1,4-5,10-15,24-25H,2-3,6-9,16-19H2/t24-,25-/m1/s1. The number of nitrogens with zero attached hydrogens (tertiary/aromatic N) is 4. The molecule has 0 spiro atoms. The zero-order chi connectivity index (χ0) is 20.3. The molecule has 0 aromatic heterocycles. The fourth-order valence-corrected chi connectivity index (χ4v) is 5.18. The van der Waals surface area contributed by atoms with Crippen LogP contribution in [0, 0.1) is 5.82 Å². The largest absolute Gasteiger partial charge is 0.306 e. The fraction of sp³-hybridized carbons (Fsp3) is 0.480. The minimum atomic E-state index is -0.196. The summed E-state index contributed by atoms with van der Waals surface area (Å²) in [5, 5.41) is 0. The number of hydrogen-bond acceptors (Lipinski definition) is 4. The van der Waals surface area contributed by atoms with Gasteiger partial charge in [-0.15, -0.1) is 0 Å². The van der Waals surface area contributed by atoms with Gasteiger partial charge in [-0.1, -0.05) is 43.2 Å². The number of rotatable bonds is 4. The molecule has 5 heteroatoms.